The van der Waals surface area contributed by atoms with Gasteiger partial charge in [0.1, 0.15) is 18.9 Å². The Bertz CT molecular complexity index is 937. The summed E-state index contributed by atoms with van der Waals surface area (Å²) in [5.74, 6) is 1.22. The average molecular weight is 472 g/mol. The van der Waals surface area contributed by atoms with Gasteiger partial charge in [-0.05, 0) is 74.7 Å². The molecule has 2 heterocycles. The SMILES string of the molecule is CC(C)NC(=O)N(CC(=O)N1CCc2sccc2C1COc1ccc(C(C)C)cc1)C(C)C. The number of rotatable bonds is 8. The number of fused-ring (bicyclic) bond motifs is 1. The molecule has 1 unspecified atom stereocenters. The average Bonchev–Trinajstić information content (AvgIpc) is 3.24. The minimum absolute atomic E-state index is 0.0143. The molecule has 0 bridgehead atoms. The topological polar surface area (TPSA) is 61.9 Å². The van der Waals surface area contributed by atoms with Gasteiger partial charge in [-0.25, -0.2) is 4.79 Å². The largest absolute Gasteiger partial charge is 0.491 e. The fourth-order valence-corrected chi connectivity index (χ4v) is 4.98. The van der Waals surface area contributed by atoms with Gasteiger partial charge < -0.3 is 19.9 Å². The van der Waals surface area contributed by atoms with Crippen molar-refractivity contribution in [3.63, 3.8) is 0 Å². The first-order valence-electron chi connectivity index (χ1n) is 11.8. The standard InChI is InChI=1S/C26H37N3O3S/c1-17(2)20-7-9-21(10-8-20)32-16-23-22-12-14-33-24(22)11-13-28(23)25(30)15-29(19(5)6)26(31)27-18(3)4/h7-10,12,14,17-19,23H,11,13,15-16H2,1-6H3,(H,27,31). The minimum atomic E-state index is -0.209. The van der Waals surface area contributed by atoms with Crippen LogP contribution in [0.5, 0.6) is 5.75 Å². The number of urea groups is 1. The lowest BCUT2D eigenvalue weighted by molar-refractivity contribution is -0.135. The summed E-state index contributed by atoms with van der Waals surface area (Å²) >= 11 is 1.73. The molecular formula is C26H37N3O3S. The first-order chi connectivity index (χ1) is 15.7. The second-order valence-electron chi connectivity index (χ2n) is 9.51. The number of carbonyl (C=O) groups excluding carboxylic acids is 2. The zero-order valence-corrected chi connectivity index (χ0v) is 21.4. The van der Waals surface area contributed by atoms with Gasteiger partial charge in [0.25, 0.3) is 0 Å². The van der Waals surface area contributed by atoms with Gasteiger partial charge in [-0.3, -0.25) is 4.79 Å². The van der Waals surface area contributed by atoms with Gasteiger partial charge in [0.15, 0.2) is 0 Å². The van der Waals surface area contributed by atoms with Crippen LogP contribution in [-0.4, -0.2) is 53.5 Å². The molecule has 0 spiro atoms. The summed E-state index contributed by atoms with van der Waals surface area (Å²) in [7, 11) is 0. The second kappa shape index (κ2) is 11.1. The Morgan fingerprint density at radius 3 is 2.42 bits per heavy atom. The summed E-state index contributed by atoms with van der Waals surface area (Å²) in [6, 6.07) is 9.83. The number of amides is 3. The molecule has 0 radical (unpaired) electrons. The van der Waals surface area contributed by atoms with E-state index >= 15 is 0 Å². The molecule has 0 aliphatic carbocycles. The van der Waals surface area contributed by atoms with E-state index in [0.29, 0.717) is 19.1 Å². The molecule has 3 amide bonds. The first kappa shape index (κ1) is 25.1. The van der Waals surface area contributed by atoms with Crippen LogP contribution in [0.15, 0.2) is 35.7 Å². The Kier molecular flexibility index (Phi) is 8.40. The maximum absolute atomic E-state index is 13.4. The number of nitrogens with zero attached hydrogens (tertiary/aromatic N) is 2. The summed E-state index contributed by atoms with van der Waals surface area (Å²) in [6.07, 6.45) is 0.832. The summed E-state index contributed by atoms with van der Waals surface area (Å²) in [6.45, 7) is 13.1. The molecule has 1 N–H and O–H groups in total. The molecule has 0 saturated heterocycles. The maximum Gasteiger partial charge on any atom is 0.318 e. The molecule has 1 atom stereocenters. The molecule has 180 valence electrons. The quantitative estimate of drug-likeness (QED) is 0.575. The number of benzene rings is 1. The molecule has 1 aliphatic rings. The van der Waals surface area contributed by atoms with Crippen LogP contribution in [0.3, 0.4) is 0 Å². The lowest BCUT2D eigenvalue weighted by Crippen LogP contribution is -2.52. The molecular weight excluding hydrogens is 434 g/mol. The lowest BCUT2D eigenvalue weighted by atomic mass is 10.00. The molecule has 7 heteroatoms. The Balaban J connectivity index is 1.75. The first-order valence-corrected chi connectivity index (χ1v) is 12.7. The van der Waals surface area contributed by atoms with E-state index in [1.807, 2.05) is 44.7 Å². The number of thiophene rings is 1. The fourth-order valence-electron chi connectivity index (χ4n) is 4.05. The summed E-state index contributed by atoms with van der Waals surface area (Å²) in [5, 5.41) is 4.99. The Hall–Kier alpha value is -2.54. The van der Waals surface area contributed by atoms with E-state index < -0.39 is 0 Å². The van der Waals surface area contributed by atoms with E-state index in [0.717, 1.165) is 17.7 Å². The predicted octanol–water partition coefficient (Wildman–Crippen LogP) is 5.20. The summed E-state index contributed by atoms with van der Waals surface area (Å²) in [4.78, 5) is 30.9. The van der Waals surface area contributed by atoms with Crippen LogP contribution in [0.25, 0.3) is 0 Å². The highest BCUT2D eigenvalue weighted by Gasteiger charge is 2.34. The maximum atomic E-state index is 13.4. The van der Waals surface area contributed by atoms with Gasteiger partial charge >= 0.3 is 6.03 Å². The van der Waals surface area contributed by atoms with Crippen LogP contribution in [0, 0.1) is 0 Å². The van der Waals surface area contributed by atoms with Crippen LogP contribution in [0.1, 0.15) is 69.5 Å². The van der Waals surface area contributed by atoms with Crippen LogP contribution >= 0.6 is 11.3 Å². The minimum Gasteiger partial charge on any atom is -0.491 e. The Morgan fingerprint density at radius 2 is 1.82 bits per heavy atom. The van der Waals surface area contributed by atoms with Crippen molar-refractivity contribution in [2.24, 2.45) is 0 Å². The predicted molar refractivity (Wildman–Crippen MR) is 134 cm³/mol. The van der Waals surface area contributed by atoms with Crippen molar-refractivity contribution in [3.05, 3.63) is 51.7 Å². The van der Waals surface area contributed by atoms with Crippen LogP contribution in [0.2, 0.25) is 0 Å². The third-order valence-electron chi connectivity index (χ3n) is 5.97. The van der Waals surface area contributed by atoms with Gasteiger partial charge in [0.2, 0.25) is 5.91 Å². The van der Waals surface area contributed by atoms with E-state index in [4.69, 9.17) is 4.74 Å². The van der Waals surface area contributed by atoms with Crippen LogP contribution in [-0.2, 0) is 11.2 Å². The van der Waals surface area contributed by atoms with Crippen molar-refractivity contribution >= 4 is 23.3 Å². The number of nitrogens with one attached hydrogen (secondary N) is 1. The second-order valence-corrected chi connectivity index (χ2v) is 10.5. The monoisotopic (exact) mass is 471 g/mol. The van der Waals surface area contributed by atoms with E-state index in [2.05, 4.69) is 42.7 Å². The molecule has 33 heavy (non-hydrogen) atoms. The van der Waals surface area contributed by atoms with E-state index in [9.17, 15) is 9.59 Å². The van der Waals surface area contributed by atoms with Crippen molar-refractivity contribution in [3.8, 4) is 5.75 Å². The molecule has 0 saturated carbocycles. The molecule has 1 aromatic carbocycles. The zero-order chi connectivity index (χ0) is 24.1. The number of hydrogen-bond donors (Lipinski definition) is 1. The molecule has 0 fully saturated rings. The summed E-state index contributed by atoms with van der Waals surface area (Å²) < 4.78 is 6.16. The van der Waals surface area contributed by atoms with Gasteiger partial charge in [-0.15, -0.1) is 11.3 Å². The highest BCUT2D eigenvalue weighted by atomic mass is 32.1. The van der Waals surface area contributed by atoms with E-state index in [-0.39, 0.29) is 36.6 Å². The van der Waals surface area contributed by atoms with Gasteiger partial charge in [0, 0.05) is 23.5 Å². The molecule has 2 aromatic rings. The highest BCUT2D eigenvalue weighted by Crippen LogP contribution is 2.34. The van der Waals surface area contributed by atoms with Crippen molar-refractivity contribution in [2.75, 3.05) is 19.7 Å². The number of ether oxygens (including phenoxy) is 1. The van der Waals surface area contributed by atoms with Gasteiger partial charge in [0.05, 0.1) is 6.04 Å². The molecule has 3 rings (SSSR count). The normalized spacial score (nSPS) is 15.7. The van der Waals surface area contributed by atoms with E-state index in [1.165, 1.54) is 10.4 Å². The third kappa shape index (κ3) is 6.28. The van der Waals surface area contributed by atoms with Gasteiger partial charge in [-0.1, -0.05) is 26.0 Å². The van der Waals surface area contributed by atoms with Crippen LogP contribution in [0.4, 0.5) is 4.79 Å². The van der Waals surface area contributed by atoms with Crippen molar-refractivity contribution < 1.29 is 14.3 Å². The third-order valence-corrected chi connectivity index (χ3v) is 6.97. The molecule has 1 aromatic heterocycles. The lowest BCUT2D eigenvalue weighted by Gasteiger charge is -2.37. The van der Waals surface area contributed by atoms with Crippen molar-refractivity contribution in [1.29, 1.82) is 0 Å². The van der Waals surface area contributed by atoms with Gasteiger partial charge in [-0.2, -0.15) is 0 Å². The zero-order valence-electron chi connectivity index (χ0n) is 20.6. The number of hydrogen-bond acceptors (Lipinski definition) is 4. The molecule has 1 aliphatic heterocycles. The number of carbonyl (C=O) groups is 2. The van der Waals surface area contributed by atoms with Crippen LogP contribution < -0.4 is 10.1 Å². The van der Waals surface area contributed by atoms with Crippen molar-refractivity contribution in [1.82, 2.24) is 15.1 Å². The fraction of sp³-hybridized carbons (Fsp3) is 0.538. The Morgan fingerprint density at radius 1 is 1.12 bits per heavy atom. The smallest absolute Gasteiger partial charge is 0.318 e. The Labute approximate surface area is 201 Å². The molecule has 6 nitrogen and oxygen atoms in total. The summed E-state index contributed by atoms with van der Waals surface area (Å²) in [5.41, 5.74) is 2.42. The highest BCUT2D eigenvalue weighted by molar-refractivity contribution is 7.10. The van der Waals surface area contributed by atoms with E-state index in [1.54, 1.807) is 16.2 Å². The van der Waals surface area contributed by atoms with Crippen molar-refractivity contribution in [2.45, 2.75) is 72.0 Å².